The van der Waals surface area contributed by atoms with Crippen LogP contribution in [0.2, 0.25) is 0 Å². The third kappa shape index (κ3) is 3.02. The molecule has 7 nitrogen and oxygen atoms in total. The molecule has 0 N–H and O–H groups in total. The number of likely N-dealkylation sites (tertiary alicyclic amines) is 1. The molecule has 0 bridgehead atoms. The Morgan fingerprint density at radius 1 is 1.09 bits per heavy atom. The predicted molar refractivity (Wildman–Crippen MR) is 121 cm³/mol. The van der Waals surface area contributed by atoms with Crippen LogP contribution in [0.1, 0.15) is 50.3 Å². The summed E-state index contributed by atoms with van der Waals surface area (Å²) >= 11 is 0. The van der Waals surface area contributed by atoms with Crippen molar-refractivity contribution in [2.24, 2.45) is 5.10 Å². The van der Waals surface area contributed by atoms with Gasteiger partial charge in [0.1, 0.15) is 0 Å². The number of ether oxygens (including phenoxy) is 4. The molecule has 6 rings (SSSR count). The number of rotatable bonds is 4. The van der Waals surface area contributed by atoms with E-state index in [1.807, 2.05) is 25.1 Å². The minimum atomic E-state index is -0.450. The van der Waals surface area contributed by atoms with Gasteiger partial charge in [-0.25, -0.2) is 5.01 Å². The normalized spacial score (nSPS) is 22.9. The summed E-state index contributed by atoms with van der Waals surface area (Å²) in [5.41, 5.74) is 2.84. The van der Waals surface area contributed by atoms with Crippen molar-refractivity contribution in [3.8, 4) is 23.0 Å². The molecule has 4 aliphatic rings. The quantitative estimate of drug-likeness (QED) is 0.719. The number of hydrazone groups is 1. The van der Waals surface area contributed by atoms with Crippen LogP contribution in [-0.4, -0.2) is 54.4 Å². The van der Waals surface area contributed by atoms with Gasteiger partial charge in [-0.2, -0.15) is 5.10 Å². The fourth-order valence-electron chi connectivity index (χ4n) is 5.34. The second-order valence-corrected chi connectivity index (χ2v) is 8.77. The average molecular weight is 436 g/mol. The van der Waals surface area contributed by atoms with E-state index in [4.69, 9.17) is 24.0 Å². The number of fused-ring (bicyclic) bond motifs is 5. The van der Waals surface area contributed by atoms with Crippen molar-refractivity contribution in [1.29, 1.82) is 0 Å². The highest BCUT2D eigenvalue weighted by atomic mass is 16.7. The largest absolute Gasteiger partial charge is 0.490 e. The Kier molecular flexibility index (Phi) is 4.68. The molecule has 4 heterocycles. The van der Waals surface area contributed by atoms with E-state index in [0.717, 1.165) is 78.7 Å². The van der Waals surface area contributed by atoms with Crippen molar-refractivity contribution in [3.63, 3.8) is 0 Å². The first-order valence-corrected chi connectivity index (χ1v) is 11.6. The summed E-state index contributed by atoms with van der Waals surface area (Å²) in [6, 6.07) is 12.5. The molecule has 0 aromatic heterocycles. The lowest BCUT2D eigenvalue weighted by Gasteiger charge is -2.51. The topological polar surface area (TPSA) is 55.8 Å². The first-order valence-electron chi connectivity index (χ1n) is 11.6. The highest BCUT2D eigenvalue weighted by molar-refractivity contribution is 6.02. The van der Waals surface area contributed by atoms with Crippen molar-refractivity contribution < 1.29 is 18.9 Å². The predicted octanol–water partition coefficient (Wildman–Crippen LogP) is 4.17. The van der Waals surface area contributed by atoms with Gasteiger partial charge in [-0.15, -0.1) is 0 Å². The number of hydrogen-bond donors (Lipinski definition) is 0. The summed E-state index contributed by atoms with van der Waals surface area (Å²) in [6.07, 6.45) is 2.65. The van der Waals surface area contributed by atoms with Crippen LogP contribution in [0.3, 0.4) is 0 Å². The van der Waals surface area contributed by atoms with Gasteiger partial charge in [-0.3, -0.25) is 0 Å². The van der Waals surface area contributed by atoms with Gasteiger partial charge < -0.3 is 23.8 Å². The molecule has 1 unspecified atom stereocenters. The minimum Gasteiger partial charge on any atom is -0.490 e. The summed E-state index contributed by atoms with van der Waals surface area (Å²) in [6.45, 7) is 8.19. The van der Waals surface area contributed by atoms with E-state index in [1.54, 1.807) is 0 Å². The molecule has 4 aliphatic heterocycles. The zero-order valence-corrected chi connectivity index (χ0v) is 18.7. The molecule has 1 atom stereocenters. The maximum Gasteiger partial charge on any atom is 0.231 e. The Hall–Kier alpha value is -2.93. The molecule has 0 amide bonds. The molecule has 0 radical (unpaired) electrons. The minimum absolute atomic E-state index is 0.132. The molecular formula is C25H29N3O4. The van der Waals surface area contributed by atoms with Gasteiger partial charge >= 0.3 is 0 Å². The Bertz CT molecular complexity index is 1060. The zero-order chi connectivity index (χ0) is 21.7. The van der Waals surface area contributed by atoms with Crippen molar-refractivity contribution >= 4 is 5.71 Å². The van der Waals surface area contributed by atoms with Crippen LogP contribution in [-0.2, 0) is 0 Å². The smallest absolute Gasteiger partial charge is 0.231 e. The standard InChI is InChI=1S/C25H29N3O4/c1-3-27-12-10-25(11-13-27)28-20(18-6-5-7-22(29-4-2)24(18)32-25)15-19(26-28)17-8-9-21-23(14-17)31-16-30-21/h5-9,14,20H,3-4,10-13,15-16H2,1-2H3. The monoisotopic (exact) mass is 435 g/mol. The maximum absolute atomic E-state index is 6.83. The Morgan fingerprint density at radius 2 is 1.94 bits per heavy atom. The molecule has 0 saturated carbocycles. The number of nitrogens with zero attached hydrogens (tertiary/aromatic N) is 3. The van der Waals surface area contributed by atoms with E-state index in [-0.39, 0.29) is 12.8 Å². The lowest BCUT2D eigenvalue weighted by molar-refractivity contribution is -0.150. The number of para-hydroxylation sites is 1. The van der Waals surface area contributed by atoms with Crippen molar-refractivity contribution in [2.75, 3.05) is 33.0 Å². The molecule has 2 aromatic carbocycles. The zero-order valence-electron chi connectivity index (χ0n) is 18.7. The van der Waals surface area contributed by atoms with Crippen molar-refractivity contribution in [3.05, 3.63) is 47.5 Å². The van der Waals surface area contributed by atoms with Gasteiger partial charge in [-0.1, -0.05) is 19.1 Å². The number of benzene rings is 2. The highest BCUT2D eigenvalue weighted by Crippen LogP contribution is 2.53. The summed E-state index contributed by atoms with van der Waals surface area (Å²) in [7, 11) is 0. The first-order chi connectivity index (χ1) is 15.7. The molecule has 168 valence electrons. The lowest BCUT2D eigenvalue weighted by atomic mass is 9.90. The fourth-order valence-corrected chi connectivity index (χ4v) is 5.34. The Balaban J connectivity index is 1.41. The van der Waals surface area contributed by atoms with Crippen LogP contribution >= 0.6 is 0 Å². The van der Waals surface area contributed by atoms with E-state index in [0.29, 0.717) is 6.61 Å². The van der Waals surface area contributed by atoms with Crippen molar-refractivity contribution in [2.45, 2.75) is 44.9 Å². The van der Waals surface area contributed by atoms with Crippen LogP contribution in [0.15, 0.2) is 41.5 Å². The van der Waals surface area contributed by atoms with Gasteiger partial charge in [0.05, 0.1) is 18.4 Å². The highest BCUT2D eigenvalue weighted by Gasteiger charge is 2.52. The molecular weight excluding hydrogens is 406 g/mol. The fraction of sp³-hybridized carbons (Fsp3) is 0.480. The summed E-state index contributed by atoms with van der Waals surface area (Å²) in [5, 5.41) is 7.43. The van der Waals surface area contributed by atoms with Crippen LogP contribution in [0.25, 0.3) is 0 Å². The summed E-state index contributed by atoms with van der Waals surface area (Å²) in [5.74, 6) is 3.31. The average Bonchev–Trinajstić information content (AvgIpc) is 3.48. The second kappa shape index (κ2) is 7.59. The van der Waals surface area contributed by atoms with Gasteiger partial charge in [0.25, 0.3) is 0 Å². The summed E-state index contributed by atoms with van der Waals surface area (Å²) < 4.78 is 23.9. The van der Waals surface area contributed by atoms with E-state index in [2.05, 4.69) is 35.0 Å². The van der Waals surface area contributed by atoms with Gasteiger partial charge in [0.15, 0.2) is 23.0 Å². The maximum atomic E-state index is 6.83. The van der Waals surface area contributed by atoms with Crippen LogP contribution in [0.4, 0.5) is 0 Å². The second-order valence-electron chi connectivity index (χ2n) is 8.77. The van der Waals surface area contributed by atoms with Gasteiger partial charge in [-0.05, 0) is 37.7 Å². The summed E-state index contributed by atoms with van der Waals surface area (Å²) in [4.78, 5) is 2.48. The van der Waals surface area contributed by atoms with E-state index >= 15 is 0 Å². The molecule has 32 heavy (non-hydrogen) atoms. The molecule has 0 aliphatic carbocycles. The van der Waals surface area contributed by atoms with Gasteiger partial charge in [0.2, 0.25) is 12.5 Å². The van der Waals surface area contributed by atoms with Crippen LogP contribution in [0.5, 0.6) is 23.0 Å². The number of hydrogen-bond acceptors (Lipinski definition) is 7. The van der Waals surface area contributed by atoms with Crippen LogP contribution < -0.4 is 18.9 Å². The SMILES string of the molecule is CCOc1cccc2c1OC1(CCN(CC)CC1)N1N=C(c3ccc4c(c3)OCO4)CC21. The van der Waals surface area contributed by atoms with E-state index in [9.17, 15) is 0 Å². The first kappa shape index (κ1) is 19.7. The third-order valence-electron chi connectivity index (χ3n) is 7.08. The third-order valence-corrected chi connectivity index (χ3v) is 7.08. The lowest BCUT2D eigenvalue weighted by Crippen LogP contribution is -2.59. The van der Waals surface area contributed by atoms with Gasteiger partial charge in [0, 0.05) is 43.5 Å². The molecule has 1 saturated heterocycles. The molecule has 1 spiro atoms. The molecule has 1 fully saturated rings. The Labute approximate surface area is 188 Å². The van der Waals surface area contributed by atoms with Crippen LogP contribution in [0, 0.1) is 0 Å². The molecule has 2 aromatic rings. The van der Waals surface area contributed by atoms with E-state index < -0.39 is 5.72 Å². The Morgan fingerprint density at radius 3 is 2.75 bits per heavy atom. The van der Waals surface area contributed by atoms with E-state index in [1.165, 1.54) is 0 Å². The molecule has 7 heteroatoms. The number of piperidine rings is 1. The van der Waals surface area contributed by atoms with Crippen molar-refractivity contribution in [1.82, 2.24) is 9.91 Å².